The maximum atomic E-state index is 4.92. The highest BCUT2D eigenvalue weighted by molar-refractivity contribution is 7.10. The molecule has 4 rings (SSSR count). The molecule has 3 aromatic rings. The molecule has 24 heavy (non-hydrogen) atoms. The number of thiazole rings is 1. The van der Waals surface area contributed by atoms with Crippen molar-refractivity contribution in [1.82, 2.24) is 14.9 Å². The van der Waals surface area contributed by atoms with Gasteiger partial charge in [-0.1, -0.05) is 30.3 Å². The minimum atomic E-state index is 0.560. The molecular formula is C20H21N3S. The van der Waals surface area contributed by atoms with E-state index in [0.29, 0.717) is 5.92 Å². The SMILES string of the molecule is Cc1ncccc1-c1csc(C2CCN(Cc3ccccc3)C2)n1. The lowest BCUT2D eigenvalue weighted by Gasteiger charge is -2.15. The molecule has 0 spiro atoms. The highest BCUT2D eigenvalue weighted by Crippen LogP contribution is 2.33. The molecule has 0 radical (unpaired) electrons. The fraction of sp³-hybridized carbons (Fsp3) is 0.300. The average Bonchev–Trinajstić information content (AvgIpc) is 3.25. The van der Waals surface area contributed by atoms with Crippen LogP contribution >= 0.6 is 11.3 Å². The van der Waals surface area contributed by atoms with Crippen LogP contribution in [-0.4, -0.2) is 28.0 Å². The molecule has 3 heterocycles. The number of hydrogen-bond acceptors (Lipinski definition) is 4. The van der Waals surface area contributed by atoms with E-state index < -0.39 is 0 Å². The van der Waals surface area contributed by atoms with Gasteiger partial charge in [-0.15, -0.1) is 11.3 Å². The van der Waals surface area contributed by atoms with E-state index in [9.17, 15) is 0 Å². The Morgan fingerprint density at radius 1 is 1.17 bits per heavy atom. The van der Waals surface area contributed by atoms with Crippen LogP contribution in [0, 0.1) is 6.92 Å². The Balaban J connectivity index is 1.45. The zero-order valence-electron chi connectivity index (χ0n) is 13.9. The van der Waals surface area contributed by atoms with Crippen LogP contribution in [0.4, 0.5) is 0 Å². The fourth-order valence-electron chi connectivity index (χ4n) is 3.37. The third-order valence-corrected chi connectivity index (χ3v) is 5.68. The molecule has 3 nitrogen and oxygen atoms in total. The number of nitrogens with zero attached hydrogens (tertiary/aromatic N) is 3. The summed E-state index contributed by atoms with van der Waals surface area (Å²) in [6.45, 7) is 5.34. The van der Waals surface area contributed by atoms with Crippen molar-refractivity contribution in [2.75, 3.05) is 13.1 Å². The summed E-state index contributed by atoms with van der Waals surface area (Å²) in [7, 11) is 0. The summed E-state index contributed by atoms with van der Waals surface area (Å²) in [5, 5.41) is 3.45. The van der Waals surface area contributed by atoms with Crippen LogP contribution in [0.5, 0.6) is 0 Å². The zero-order valence-corrected chi connectivity index (χ0v) is 14.7. The van der Waals surface area contributed by atoms with Crippen molar-refractivity contribution in [2.24, 2.45) is 0 Å². The van der Waals surface area contributed by atoms with Crippen molar-refractivity contribution >= 4 is 11.3 Å². The van der Waals surface area contributed by atoms with Crippen molar-refractivity contribution in [3.8, 4) is 11.3 Å². The first-order valence-corrected chi connectivity index (χ1v) is 9.31. The third-order valence-electron chi connectivity index (χ3n) is 4.68. The molecule has 0 aliphatic carbocycles. The Morgan fingerprint density at radius 2 is 2.04 bits per heavy atom. The van der Waals surface area contributed by atoms with Crippen molar-refractivity contribution in [3.05, 3.63) is 70.3 Å². The second-order valence-corrected chi connectivity index (χ2v) is 7.30. The Labute approximate surface area is 147 Å². The summed E-state index contributed by atoms with van der Waals surface area (Å²) in [5.41, 5.74) is 4.66. The minimum absolute atomic E-state index is 0.560. The number of rotatable bonds is 4. The van der Waals surface area contributed by atoms with E-state index in [2.05, 4.69) is 51.7 Å². The van der Waals surface area contributed by atoms with Crippen LogP contribution in [-0.2, 0) is 6.54 Å². The molecule has 0 amide bonds. The van der Waals surface area contributed by atoms with E-state index in [1.54, 1.807) is 11.3 Å². The van der Waals surface area contributed by atoms with E-state index in [4.69, 9.17) is 4.98 Å². The molecule has 4 heteroatoms. The average molecular weight is 335 g/mol. The van der Waals surface area contributed by atoms with Gasteiger partial charge in [0.15, 0.2) is 0 Å². The molecular weight excluding hydrogens is 314 g/mol. The number of aromatic nitrogens is 2. The number of aryl methyl sites for hydroxylation is 1. The second kappa shape index (κ2) is 6.83. The zero-order chi connectivity index (χ0) is 16.4. The second-order valence-electron chi connectivity index (χ2n) is 6.41. The molecule has 1 unspecified atom stereocenters. The quantitative estimate of drug-likeness (QED) is 0.703. The number of hydrogen-bond donors (Lipinski definition) is 0. The molecule has 0 N–H and O–H groups in total. The lowest BCUT2D eigenvalue weighted by atomic mass is 10.1. The van der Waals surface area contributed by atoms with Gasteiger partial charge in [0.1, 0.15) is 0 Å². The number of benzene rings is 1. The lowest BCUT2D eigenvalue weighted by molar-refractivity contribution is 0.327. The standard InChI is InChI=1S/C20H21N3S/c1-15-18(8-5-10-21-15)19-14-24-20(22-19)17-9-11-23(13-17)12-16-6-3-2-4-7-16/h2-8,10,14,17H,9,11-13H2,1H3. The first kappa shape index (κ1) is 15.5. The molecule has 1 saturated heterocycles. The summed E-state index contributed by atoms with van der Waals surface area (Å²) in [5.74, 6) is 0.560. The Bertz CT molecular complexity index is 813. The van der Waals surface area contributed by atoms with E-state index in [1.165, 1.54) is 17.0 Å². The maximum Gasteiger partial charge on any atom is 0.0976 e. The largest absolute Gasteiger partial charge is 0.298 e. The van der Waals surface area contributed by atoms with Crippen molar-refractivity contribution in [3.63, 3.8) is 0 Å². The first-order chi connectivity index (χ1) is 11.8. The molecule has 1 fully saturated rings. The summed E-state index contributed by atoms with van der Waals surface area (Å²) in [4.78, 5) is 11.8. The van der Waals surface area contributed by atoms with Gasteiger partial charge in [-0.25, -0.2) is 4.98 Å². The Morgan fingerprint density at radius 3 is 2.88 bits per heavy atom. The number of pyridine rings is 1. The predicted octanol–water partition coefficient (Wildman–Crippen LogP) is 4.50. The van der Waals surface area contributed by atoms with Crippen LogP contribution in [0.3, 0.4) is 0 Å². The van der Waals surface area contributed by atoms with Gasteiger partial charge in [0.2, 0.25) is 0 Å². The lowest BCUT2D eigenvalue weighted by Crippen LogP contribution is -2.19. The highest BCUT2D eigenvalue weighted by atomic mass is 32.1. The van der Waals surface area contributed by atoms with Gasteiger partial charge >= 0.3 is 0 Å². The van der Waals surface area contributed by atoms with Gasteiger partial charge < -0.3 is 0 Å². The smallest absolute Gasteiger partial charge is 0.0976 e. The third kappa shape index (κ3) is 3.25. The van der Waals surface area contributed by atoms with Crippen LogP contribution in [0.25, 0.3) is 11.3 Å². The van der Waals surface area contributed by atoms with E-state index in [-0.39, 0.29) is 0 Å². The summed E-state index contributed by atoms with van der Waals surface area (Å²) in [6, 6.07) is 14.8. The predicted molar refractivity (Wildman–Crippen MR) is 99.2 cm³/mol. The summed E-state index contributed by atoms with van der Waals surface area (Å²) >= 11 is 1.79. The van der Waals surface area contributed by atoms with Crippen LogP contribution in [0.1, 0.15) is 28.6 Å². The molecule has 0 saturated carbocycles. The van der Waals surface area contributed by atoms with Gasteiger partial charge in [0, 0.05) is 41.8 Å². The van der Waals surface area contributed by atoms with Crippen molar-refractivity contribution < 1.29 is 0 Å². The molecule has 122 valence electrons. The first-order valence-electron chi connectivity index (χ1n) is 8.43. The van der Waals surface area contributed by atoms with Crippen molar-refractivity contribution in [1.29, 1.82) is 0 Å². The fourth-order valence-corrected chi connectivity index (χ4v) is 4.32. The molecule has 1 aliphatic rings. The molecule has 1 aromatic carbocycles. The van der Waals surface area contributed by atoms with Gasteiger partial charge in [-0.05, 0) is 37.6 Å². The molecule has 0 bridgehead atoms. The van der Waals surface area contributed by atoms with E-state index in [1.807, 2.05) is 19.2 Å². The Hall–Kier alpha value is -2.04. The van der Waals surface area contributed by atoms with E-state index >= 15 is 0 Å². The van der Waals surface area contributed by atoms with Crippen LogP contribution in [0.2, 0.25) is 0 Å². The van der Waals surface area contributed by atoms with Gasteiger partial charge in [-0.2, -0.15) is 0 Å². The normalized spacial score (nSPS) is 18.1. The topological polar surface area (TPSA) is 29.0 Å². The van der Waals surface area contributed by atoms with Crippen LogP contribution < -0.4 is 0 Å². The summed E-state index contributed by atoms with van der Waals surface area (Å²) in [6.07, 6.45) is 3.04. The van der Waals surface area contributed by atoms with Crippen molar-refractivity contribution in [2.45, 2.75) is 25.8 Å². The van der Waals surface area contributed by atoms with Gasteiger partial charge in [0.05, 0.1) is 10.7 Å². The maximum absolute atomic E-state index is 4.92. The monoisotopic (exact) mass is 335 g/mol. The Kier molecular flexibility index (Phi) is 4.41. The van der Waals surface area contributed by atoms with E-state index in [0.717, 1.165) is 36.6 Å². The highest BCUT2D eigenvalue weighted by Gasteiger charge is 2.26. The minimum Gasteiger partial charge on any atom is -0.298 e. The summed E-state index contributed by atoms with van der Waals surface area (Å²) < 4.78 is 0. The molecule has 1 aliphatic heterocycles. The number of likely N-dealkylation sites (tertiary alicyclic amines) is 1. The molecule has 2 aromatic heterocycles. The van der Waals surface area contributed by atoms with Gasteiger partial charge in [-0.3, -0.25) is 9.88 Å². The molecule has 1 atom stereocenters. The van der Waals surface area contributed by atoms with Crippen LogP contribution in [0.15, 0.2) is 54.0 Å². The van der Waals surface area contributed by atoms with Gasteiger partial charge in [0.25, 0.3) is 0 Å².